The lowest BCUT2D eigenvalue weighted by Gasteiger charge is -2.04. The molecular weight excluding hydrogens is 356 g/mol. The Morgan fingerprint density at radius 3 is 2.44 bits per heavy atom. The van der Waals surface area contributed by atoms with Crippen molar-refractivity contribution < 1.29 is 4.79 Å². The Morgan fingerprint density at radius 2 is 1.81 bits per heavy atom. The quantitative estimate of drug-likeness (QED) is 0.449. The van der Waals surface area contributed by atoms with E-state index in [2.05, 4.69) is 58.9 Å². The van der Waals surface area contributed by atoms with Gasteiger partial charge in [0.05, 0.1) is 11.9 Å². The van der Waals surface area contributed by atoms with E-state index >= 15 is 0 Å². The predicted octanol–water partition coefficient (Wildman–Crippen LogP) is 5.34. The second kappa shape index (κ2) is 8.60. The fraction of sp³-hybridized carbons (Fsp3) is 0.190. The number of thiazole rings is 1. The highest BCUT2D eigenvalue weighted by atomic mass is 32.1. The summed E-state index contributed by atoms with van der Waals surface area (Å²) in [6.45, 7) is 5.85. The first-order valence-electron chi connectivity index (χ1n) is 8.74. The lowest BCUT2D eigenvalue weighted by molar-refractivity contribution is -0.114. The molecule has 0 aliphatic rings. The second-order valence-electron chi connectivity index (χ2n) is 6.49. The molecule has 0 saturated heterocycles. The van der Waals surface area contributed by atoms with E-state index in [1.807, 2.05) is 29.6 Å². The smallest absolute Gasteiger partial charge is 0.221 e. The summed E-state index contributed by atoms with van der Waals surface area (Å²) in [6, 6.07) is 16.0. The van der Waals surface area contributed by atoms with Crippen molar-refractivity contribution in [2.75, 3.05) is 10.7 Å². The summed E-state index contributed by atoms with van der Waals surface area (Å²) in [6.07, 6.45) is 1.79. The molecule has 5 nitrogen and oxygen atoms in total. The van der Waals surface area contributed by atoms with Crippen LogP contribution in [0.25, 0.3) is 11.3 Å². The minimum Gasteiger partial charge on any atom is -0.326 e. The number of aromatic nitrogens is 1. The molecule has 3 aromatic rings. The van der Waals surface area contributed by atoms with Crippen LogP contribution in [0.1, 0.15) is 37.8 Å². The van der Waals surface area contributed by atoms with Gasteiger partial charge in [0.25, 0.3) is 0 Å². The van der Waals surface area contributed by atoms with Gasteiger partial charge in [0.1, 0.15) is 0 Å². The van der Waals surface area contributed by atoms with E-state index in [0.717, 1.165) is 27.6 Å². The van der Waals surface area contributed by atoms with Gasteiger partial charge >= 0.3 is 0 Å². The Kier molecular flexibility index (Phi) is 5.98. The highest BCUT2D eigenvalue weighted by molar-refractivity contribution is 7.14. The Hall–Kier alpha value is -2.99. The number of hydrogen-bond acceptors (Lipinski definition) is 5. The van der Waals surface area contributed by atoms with Crippen molar-refractivity contribution in [3.05, 3.63) is 65.0 Å². The van der Waals surface area contributed by atoms with Gasteiger partial charge < -0.3 is 5.32 Å². The van der Waals surface area contributed by atoms with Gasteiger partial charge in [-0.3, -0.25) is 10.2 Å². The number of benzene rings is 2. The zero-order valence-corrected chi connectivity index (χ0v) is 16.4. The summed E-state index contributed by atoms with van der Waals surface area (Å²) in [7, 11) is 0. The molecule has 1 heterocycles. The number of rotatable bonds is 6. The van der Waals surface area contributed by atoms with Crippen LogP contribution >= 0.6 is 11.3 Å². The maximum Gasteiger partial charge on any atom is 0.221 e. The topological polar surface area (TPSA) is 66.4 Å². The van der Waals surface area contributed by atoms with Gasteiger partial charge in [-0.2, -0.15) is 5.10 Å². The molecule has 1 aromatic heterocycles. The number of carbonyl (C=O) groups is 1. The summed E-state index contributed by atoms with van der Waals surface area (Å²) >= 11 is 1.50. The van der Waals surface area contributed by atoms with Crippen molar-refractivity contribution in [1.82, 2.24) is 4.98 Å². The Bertz CT molecular complexity index is 928. The second-order valence-corrected chi connectivity index (χ2v) is 7.35. The van der Waals surface area contributed by atoms with Crippen LogP contribution in [0.4, 0.5) is 10.8 Å². The average molecular weight is 379 g/mol. The van der Waals surface area contributed by atoms with Crippen LogP contribution in [0.5, 0.6) is 0 Å². The molecule has 1 amide bonds. The molecule has 0 aliphatic carbocycles. The molecule has 0 aliphatic heterocycles. The van der Waals surface area contributed by atoms with Crippen molar-refractivity contribution in [2.45, 2.75) is 26.7 Å². The van der Waals surface area contributed by atoms with Gasteiger partial charge in [0.2, 0.25) is 11.0 Å². The minimum absolute atomic E-state index is 0.0837. The van der Waals surface area contributed by atoms with E-state index in [4.69, 9.17) is 0 Å². The molecular formula is C21H22N4OS. The summed E-state index contributed by atoms with van der Waals surface area (Å²) in [5.74, 6) is 0.440. The summed E-state index contributed by atoms with van der Waals surface area (Å²) in [5, 5.41) is 9.72. The predicted molar refractivity (Wildman–Crippen MR) is 114 cm³/mol. The normalized spacial score (nSPS) is 11.1. The van der Waals surface area contributed by atoms with E-state index in [-0.39, 0.29) is 5.91 Å². The lowest BCUT2D eigenvalue weighted by Crippen LogP contribution is -2.05. The number of amides is 1. The van der Waals surface area contributed by atoms with Crippen LogP contribution in [-0.2, 0) is 4.79 Å². The number of nitrogens with zero attached hydrogens (tertiary/aromatic N) is 2. The highest BCUT2D eigenvalue weighted by Gasteiger charge is 2.04. The molecule has 0 bridgehead atoms. The number of hydrazone groups is 1. The maximum atomic E-state index is 11.1. The standard InChI is InChI=1S/C21H22N4OS/c1-14(2)17-6-4-16(5-7-17)12-22-25-21-24-20(13-27-21)18-8-10-19(11-9-18)23-15(3)26/h4-14H,1-3H3,(H,23,26)(H,24,25)/b22-12-. The van der Waals surface area contributed by atoms with Crippen molar-refractivity contribution in [2.24, 2.45) is 5.10 Å². The minimum atomic E-state index is -0.0837. The van der Waals surface area contributed by atoms with E-state index in [1.54, 1.807) is 6.21 Å². The Balaban J connectivity index is 1.61. The SMILES string of the molecule is CC(=O)Nc1ccc(-c2csc(N/N=C\c3ccc(C(C)C)cc3)n2)cc1. The van der Waals surface area contributed by atoms with Crippen molar-refractivity contribution in [3.8, 4) is 11.3 Å². The van der Waals surface area contributed by atoms with Gasteiger partial charge in [-0.1, -0.05) is 50.2 Å². The van der Waals surface area contributed by atoms with Crippen molar-refractivity contribution in [1.29, 1.82) is 0 Å². The van der Waals surface area contributed by atoms with Crippen molar-refractivity contribution >= 4 is 34.3 Å². The van der Waals surface area contributed by atoms with Crippen LogP contribution in [0.15, 0.2) is 59.0 Å². The van der Waals surface area contributed by atoms with Gasteiger partial charge in [0, 0.05) is 23.6 Å². The molecule has 2 aromatic carbocycles. The first kappa shape index (κ1) is 18.8. The first-order valence-corrected chi connectivity index (χ1v) is 9.62. The fourth-order valence-electron chi connectivity index (χ4n) is 2.51. The van der Waals surface area contributed by atoms with Crippen LogP contribution in [0.2, 0.25) is 0 Å². The number of nitrogens with one attached hydrogen (secondary N) is 2. The average Bonchev–Trinajstić information content (AvgIpc) is 3.11. The van der Waals surface area contributed by atoms with Crippen LogP contribution in [-0.4, -0.2) is 17.1 Å². The molecule has 0 unspecified atom stereocenters. The third-order valence-electron chi connectivity index (χ3n) is 3.98. The molecule has 0 atom stereocenters. The largest absolute Gasteiger partial charge is 0.326 e. The van der Waals surface area contributed by atoms with Crippen LogP contribution in [0, 0.1) is 0 Å². The first-order chi connectivity index (χ1) is 13.0. The lowest BCUT2D eigenvalue weighted by atomic mass is 10.0. The van der Waals surface area contributed by atoms with Gasteiger partial charge in [-0.25, -0.2) is 4.98 Å². The molecule has 6 heteroatoms. The van der Waals surface area contributed by atoms with Crippen LogP contribution < -0.4 is 10.7 Å². The molecule has 138 valence electrons. The zero-order valence-electron chi connectivity index (χ0n) is 15.6. The van der Waals surface area contributed by atoms with E-state index in [0.29, 0.717) is 5.92 Å². The van der Waals surface area contributed by atoms with Crippen LogP contribution in [0.3, 0.4) is 0 Å². The molecule has 0 spiro atoms. The summed E-state index contributed by atoms with van der Waals surface area (Å²) in [4.78, 5) is 15.6. The third-order valence-corrected chi connectivity index (χ3v) is 4.73. The van der Waals surface area contributed by atoms with Gasteiger partial charge in [0.15, 0.2) is 0 Å². The van der Waals surface area contributed by atoms with E-state index < -0.39 is 0 Å². The Morgan fingerprint density at radius 1 is 1.11 bits per heavy atom. The van der Waals surface area contributed by atoms with E-state index in [1.165, 1.54) is 23.8 Å². The highest BCUT2D eigenvalue weighted by Crippen LogP contribution is 2.26. The summed E-state index contributed by atoms with van der Waals surface area (Å²) in [5.41, 5.74) is 7.96. The fourth-order valence-corrected chi connectivity index (χ4v) is 3.18. The molecule has 2 N–H and O–H groups in total. The maximum absolute atomic E-state index is 11.1. The molecule has 0 radical (unpaired) electrons. The van der Waals surface area contributed by atoms with Gasteiger partial charge in [-0.15, -0.1) is 11.3 Å². The third kappa shape index (κ3) is 5.24. The molecule has 3 rings (SSSR count). The van der Waals surface area contributed by atoms with Crippen molar-refractivity contribution in [3.63, 3.8) is 0 Å². The number of hydrogen-bond donors (Lipinski definition) is 2. The molecule has 27 heavy (non-hydrogen) atoms. The molecule has 0 fully saturated rings. The van der Waals surface area contributed by atoms with E-state index in [9.17, 15) is 4.79 Å². The zero-order chi connectivity index (χ0) is 19.2. The summed E-state index contributed by atoms with van der Waals surface area (Å²) < 4.78 is 0. The number of carbonyl (C=O) groups excluding carboxylic acids is 1. The number of anilines is 2. The monoisotopic (exact) mass is 378 g/mol. The Labute approximate surface area is 163 Å². The van der Waals surface area contributed by atoms with Gasteiger partial charge in [-0.05, 0) is 29.2 Å². The molecule has 0 saturated carbocycles.